The molecule has 1 aromatic heterocycles. The average Bonchev–Trinajstić information content (AvgIpc) is 2.61. The minimum atomic E-state index is -0.437. The molecule has 1 aromatic carbocycles. The molecule has 1 heterocycles. The Morgan fingerprint density at radius 3 is 2.73 bits per heavy atom. The second-order valence-electron chi connectivity index (χ2n) is 4.49. The molecule has 1 N–H and O–H groups in total. The summed E-state index contributed by atoms with van der Waals surface area (Å²) in [5.41, 5.74) is 2.96. The van der Waals surface area contributed by atoms with Gasteiger partial charge < -0.3 is 4.98 Å². The van der Waals surface area contributed by atoms with E-state index < -0.39 is 5.41 Å². The van der Waals surface area contributed by atoms with Gasteiger partial charge in [0.15, 0.2) is 0 Å². The Kier molecular flexibility index (Phi) is 2.04. The Hall–Kier alpha value is -1.75. The third-order valence-corrected chi connectivity index (χ3v) is 2.79. The lowest BCUT2D eigenvalue weighted by Gasteiger charge is -2.13. The van der Waals surface area contributed by atoms with Crippen LogP contribution in [0.3, 0.4) is 0 Å². The van der Waals surface area contributed by atoms with Crippen LogP contribution < -0.4 is 0 Å². The molecule has 0 aliphatic heterocycles. The molecule has 0 bridgehead atoms. The van der Waals surface area contributed by atoms with Crippen molar-refractivity contribution in [2.24, 2.45) is 0 Å². The van der Waals surface area contributed by atoms with Crippen molar-refractivity contribution in [2.45, 2.75) is 26.2 Å². The lowest BCUT2D eigenvalue weighted by atomic mass is 9.86. The van der Waals surface area contributed by atoms with Crippen LogP contribution in [-0.4, -0.2) is 4.98 Å². The summed E-state index contributed by atoms with van der Waals surface area (Å²) >= 11 is 0. The molecule has 0 spiro atoms. The number of hydrogen-bond donors (Lipinski definition) is 1. The van der Waals surface area contributed by atoms with Gasteiger partial charge in [0, 0.05) is 17.1 Å². The lowest BCUT2D eigenvalue weighted by molar-refractivity contribution is 0.693. The van der Waals surface area contributed by atoms with E-state index in [0.29, 0.717) is 0 Å². The predicted octanol–water partition coefficient (Wildman–Crippen LogP) is 3.28. The molecule has 0 fully saturated rings. The lowest BCUT2D eigenvalue weighted by Crippen LogP contribution is -2.12. The first kappa shape index (κ1) is 9.79. The summed E-state index contributed by atoms with van der Waals surface area (Å²) in [7, 11) is 0. The Morgan fingerprint density at radius 2 is 2.07 bits per heavy atom. The Balaban J connectivity index is 2.71. The Bertz CT molecular complexity index is 541. The van der Waals surface area contributed by atoms with Crippen molar-refractivity contribution in [3.05, 3.63) is 35.5 Å². The third-order valence-electron chi connectivity index (χ3n) is 2.79. The van der Waals surface area contributed by atoms with Gasteiger partial charge >= 0.3 is 0 Å². The van der Waals surface area contributed by atoms with Gasteiger partial charge in [-0.05, 0) is 38.0 Å². The number of rotatable bonds is 1. The molecule has 76 valence electrons. The smallest absolute Gasteiger partial charge is 0.0786 e. The third kappa shape index (κ3) is 1.50. The molecule has 0 aliphatic carbocycles. The molecule has 0 amide bonds. The van der Waals surface area contributed by atoms with E-state index in [1.807, 2.05) is 20.0 Å². The highest BCUT2D eigenvalue weighted by molar-refractivity contribution is 5.85. The van der Waals surface area contributed by atoms with E-state index in [2.05, 4.69) is 36.2 Å². The molecule has 0 saturated heterocycles. The zero-order chi connectivity index (χ0) is 11.1. The van der Waals surface area contributed by atoms with Gasteiger partial charge in [0.05, 0.1) is 11.5 Å². The van der Waals surface area contributed by atoms with Crippen molar-refractivity contribution in [2.75, 3.05) is 0 Å². The summed E-state index contributed by atoms with van der Waals surface area (Å²) in [5, 5.41) is 10.3. The van der Waals surface area contributed by atoms with Crippen molar-refractivity contribution in [1.82, 2.24) is 4.98 Å². The largest absolute Gasteiger partial charge is 0.361 e. The molecule has 15 heavy (non-hydrogen) atoms. The number of fused-ring (bicyclic) bond motifs is 1. The molecule has 0 atom stereocenters. The second kappa shape index (κ2) is 3.13. The van der Waals surface area contributed by atoms with Crippen molar-refractivity contribution in [3.8, 4) is 6.07 Å². The highest BCUT2D eigenvalue weighted by atomic mass is 14.7. The predicted molar refractivity (Wildman–Crippen MR) is 61.7 cm³/mol. The van der Waals surface area contributed by atoms with Crippen molar-refractivity contribution < 1.29 is 0 Å². The molecule has 0 saturated carbocycles. The maximum absolute atomic E-state index is 9.12. The Labute approximate surface area is 89.5 Å². The molecule has 2 heteroatoms. The quantitative estimate of drug-likeness (QED) is 0.750. The van der Waals surface area contributed by atoms with E-state index in [9.17, 15) is 0 Å². The standard InChI is InChI=1S/C13H14N2/c1-9-4-5-10-11(13(2,3)8-14)7-15-12(10)6-9/h4-7,15H,1-3H3. The highest BCUT2D eigenvalue weighted by Crippen LogP contribution is 2.30. The van der Waals surface area contributed by atoms with Gasteiger partial charge in [0.2, 0.25) is 0 Å². The van der Waals surface area contributed by atoms with Crippen LogP contribution >= 0.6 is 0 Å². The van der Waals surface area contributed by atoms with Crippen LogP contribution in [0.25, 0.3) is 10.9 Å². The van der Waals surface area contributed by atoms with E-state index in [4.69, 9.17) is 5.26 Å². The summed E-state index contributed by atoms with van der Waals surface area (Å²) in [5.74, 6) is 0. The molecular weight excluding hydrogens is 184 g/mol. The van der Waals surface area contributed by atoms with E-state index >= 15 is 0 Å². The normalized spacial score (nSPS) is 11.6. The maximum Gasteiger partial charge on any atom is 0.0786 e. The van der Waals surface area contributed by atoms with Gasteiger partial charge in [0.25, 0.3) is 0 Å². The molecule has 2 nitrogen and oxygen atoms in total. The van der Waals surface area contributed by atoms with Gasteiger partial charge in [0.1, 0.15) is 0 Å². The number of aromatic amines is 1. The maximum atomic E-state index is 9.12. The van der Waals surface area contributed by atoms with Crippen molar-refractivity contribution >= 4 is 10.9 Å². The van der Waals surface area contributed by atoms with E-state index in [0.717, 1.165) is 16.5 Å². The molecule has 2 aromatic rings. The molecule has 0 unspecified atom stereocenters. The van der Waals surface area contributed by atoms with Crippen LogP contribution in [0.15, 0.2) is 24.4 Å². The van der Waals surface area contributed by atoms with Crippen LogP contribution in [0.2, 0.25) is 0 Å². The van der Waals surface area contributed by atoms with E-state index in [-0.39, 0.29) is 0 Å². The van der Waals surface area contributed by atoms with Gasteiger partial charge in [-0.2, -0.15) is 5.26 Å². The number of nitriles is 1. The average molecular weight is 198 g/mol. The fourth-order valence-electron chi connectivity index (χ4n) is 1.82. The summed E-state index contributed by atoms with van der Waals surface area (Å²) < 4.78 is 0. The number of benzene rings is 1. The summed E-state index contributed by atoms with van der Waals surface area (Å²) in [4.78, 5) is 3.22. The van der Waals surface area contributed by atoms with Crippen LogP contribution in [-0.2, 0) is 5.41 Å². The minimum absolute atomic E-state index is 0.437. The van der Waals surface area contributed by atoms with Crippen LogP contribution in [0.1, 0.15) is 25.0 Å². The number of nitrogens with zero attached hydrogens (tertiary/aromatic N) is 1. The first-order valence-electron chi connectivity index (χ1n) is 5.04. The fraction of sp³-hybridized carbons (Fsp3) is 0.308. The van der Waals surface area contributed by atoms with Crippen molar-refractivity contribution in [3.63, 3.8) is 0 Å². The molecule has 0 aliphatic rings. The monoisotopic (exact) mass is 198 g/mol. The van der Waals surface area contributed by atoms with Gasteiger partial charge in [-0.3, -0.25) is 0 Å². The Morgan fingerprint density at radius 1 is 1.33 bits per heavy atom. The summed E-state index contributed by atoms with van der Waals surface area (Å²) in [6, 6.07) is 8.59. The van der Waals surface area contributed by atoms with Gasteiger partial charge in [-0.15, -0.1) is 0 Å². The second-order valence-corrected chi connectivity index (χ2v) is 4.49. The van der Waals surface area contributed by atoms with Gasteiger partial charge in [-0.1, -0.05) is 12.1 Å². The van der Waals surface area contributed by atoms with Crippen LogP contribution in [0.4, 0.5) is 0 Å². The fourth-order valence-corrected chi connectivity index (χ4v) is 1.82. The summed E-state index contributed by atoms with van der Waals surface area (Å²) in [6.07, 6.45) is 1.94. The number of hydrogen-bond acceptors (Lipinski definition) is 1. The van der Waals surface area contributed by atoms with E-state index in [1.54, 1.807) is 0 Å². The first-order chi connectivity index (χ1) is 7.04. The zero-order valence-corrected chi connectivity index (χ0v) is 9.26. The molecular formula is C13H14N2. The zero-order valence-electron chi connectivity index (χ0n) is 9.26. The van der Waals surface area contributed by atoms with Crippen LogP contribution in [0.5, 0.6) is 0 Å². The first-order valence-corrected chi connectivity index (χ1v) is 5.04. The topological polar surface area (TPSA) is 39.6 Å². The number of nitrogens with one attached hydrogen (secondary N) is 1. The van der Waals surface area contributed by atoms with Crippen LogP contribution in [0, 0.1) is 18.3 Å². The SMILES string of the molecule is Cc1ccc2c(C(C)(C)C#N)c[nH]c2c1. The minimum Gasteiger partial charge on any atom is -0.361 e. The number of aromatic nitrogens is 1. The highest BCUT2D eigenvalue weighted by Gasteiger charge is 2.23. The molecule has 0 radical (unpaired) electrons. The number of H-pyrrole nitrogens is 1. The molecule has 2 rings (SSSR count). The van der Waals surface area contributed by atoms with Crippen molar-refractivity contribution in [1.29, 1.82) is 5.26 Å². The van der Waals surface area contributed by atoms with Gasteiger partial charge in [-0.25, -0.2) is 0 Å². The number of aryl methyl sites for hydroxylation is 1. The van der Waals surface area contributed by atoms with E-state index in [1.165, 1.54) is 5.56 Å². The summed E-state index contributed by atoms with van der Waals surface area (Å²) in [6.45, 7) is 5.94.